The predicted octanol–water partition coefficient (Wildman–Crippen LogP) is 1.60. The third-order valence-electron chi connectivity index (χ3n) is 3.57. The second-order valence-electron chi connectivity index (χ2n) is 4.88. The second kappa shape index (κ2) is 7.56. The van der Waals surface area contributed by atoms with Gasteiger partial charge in [-0.3, -0.25) is 0 Å². The van der Waals surface area contributed by atoms with Gasteiger partial charge >= 0.3 is 0 Å². The van der Waals surface area contributed by atoms with Crippen LogP contribution >= 0.6 is 12.4 Å². The lowest BCUT2D eigenvalue weighted by Gasteiger charge is -2.27. The summed E-state index contributed by atoms with van der Waals surface area (Å²) in [6.45, 7) is 2.22. The van der Waals surface area contributed by atoms with Crippen molar-refractivity contribution in [1.82, 2.24) is 4.31 Å². The molecule has 1 saturated carbocycles. The topological polar surface area (TPSA) is 63.4 Å². The van der Waals surface area contributed by atoms with Gasteiger partial charge in [-0.2, -0.15) is 0 Å². The lowest BCUT2D eigenvalue weighted by Crippen LogP contribution is -2.42. The third-order valence-corrected chi connectivity index (χ3v) is 5.70. The molecule has 1 atom stereocenters. The fourth-order valence-electron chi connectivity index (χ4n) is 2.19. The van der Waals surface area contributed by atoms with E-state index in [2.05, 4.69) is 0 Å². The summed E-state index contributed by atoms with van der Waals surface area (Å²) in [6.07, 6.45) is 5.73. The van der Waals surface area contributed by atoms with Gasteiger partial charge in [-0.15, -0.1) is 12.4 Å². The molecule has 1 aliphatic rings. The molecular weight excluding hydrogens is 260 g/mol. The summed E-state index contributed by atoms with van der Waals surface area (Å²) in [7, 11) is -1.48. The standard InChI is InChI=1S/C11H24N2O2S.ClH/c1-10(8-12)13(2)16(14,15)9-11-6-4-3-5-7-11;/h10-11H,3-9,12H2,1-2H3;1H. The summed E-state index contributed by atoms with van der Waals surface area (Å²) in [6, 6.07) is -0.103. The van der Waals surface area contributed by atoms with Crippen LogP contribution in [-0.4, -0.2) is 38.1 Å². The van der Waals surface area contributed by atoms with Crippen molar-refractivity contribution in [3.05, 3.63) is 0 Å². The quantitative estimate of drug-likeness (QED) is 0.834. The number of nitrogens with two attached hydrogens (primary N) is 1. The Morgan fingerprint density at radius 2 is 1.82 bits per heavy atom. The maximum absolute atomic E-state index is 12.1. The van der Waals surface area contributed by atoms with Gasteiger partial charge in [0.15, 0.2) is 0 Å². The number of nitrogens with zero attached hydrogens (tertiary/aromatic N) is 1. The molecule has 1 aliphatic carbocycles. The van der Waals surface area contributed by atoms with Gasteiger partial charge < -0.3 is 5.73 Å². The molecular formula is C11H25ClN2O2S. The number of hydrogen-bond donors (Lipinski definition) is 1. The van der Waals surface area contributed by atoms with Gasteiger partial charge in [-0.05, 0) is 25.7 Å². The molecule has 0 saturated heterocycles. The summed E-state index contributed by atoms with van der Waals surface area (Å²) in [4.78, 5) is 0. The van der Waals surface area contributed by atoms with E-state index in [0.29, 0.717) is 18.2 Å². The maximum atomic E-state index is 12.1. The summed E-state index contributed by atoms with van der Waals surface area (Å²) in [5.74, 6) is 0.652. The fourth-order valence-corrected chi connectivity index (χ4v) is 3.99. The first kappa shape index (κ1) is 17.2. The molecule has 0 aromatic heterocycles. The van der Waals surface area contributed by atoms with E-state index in [1.807, 2.05) is 6.92 Å². The van der Waals surface area contributed by atoms with Gasteiger partial charge in [0.05, 0.1) is 5.75 Å². The van der Waals surface area contributed by atoms with Crippen LogP contribution in [0.1, 0.15) is 39.0 Å². The monoisotopic (exact) mass is 284 g/mol. The largest absolute Gasteiger partial charge is 0.329 e. The maximum Gasteiger partial charge on any atom is 0.214 e. The Hall–Kier alpha value is 0.160. The van der Waals surface area contributed by atoms with Gasteiger partial charge in [-0.1, -0.05) is 19.3 Å². The minimum absolute atomic E-state index is 0. The zero-order valence-electron chi connectivity index (χ0n) is 10.8. The van der Waals surface area contributed by atoms with Crippen LogP contribution in [0.3, 0.4) is 0 Å². The Kier molecular flexibility index (Phi) is 7.63. The van der Waals surface area contributed by atoms with Crippen molar-refractivity contribution in [2.24, 2.45) is 11.7 Å². The first-order chi connectivity index (χ1) is 7.47. The van der Waals surface area contributed by atoms with Crippen LogP contribution in [0.5, 0.6) is 0 Å². The molecule has 0 heterocycles. The van der Waals surface area contributed by atoms with Crippen LogP contribution < -0.4 is 5.73 Å². The molecule has 0 spiro atoms. The summed E-state index contributed by atoms with van der Waals surface area (Å²) >= 11 is 0. The molecule has 2 N–H and O–H groups in total. The highest BCUT2D eigenvalue weighted by Crippen LogP contribution is 2.25. The van der Waals surface area contributed by atoms with Crippen LogP contribution in [0.15, 0.2) is 0 Å². The van der Waals surface area contributed by atoms with Gasteiger partial charge in [0.1, 0.15) is 0 Å². The Bertz CT molecular complexity index is 303. The fraction of sp³-hybridized carbons (Fsp3) is 1.00. The van der Waals surface area contributed by atoms with E-state index in [1.165, 1.54) is 23.6 Å². The highest BCUT2D eigenvalue weighted by Gasteiger charge is 2.27. The van der Waals surface area contributed by atoms with E-state index in [9.17, 15) is 8.42 Å². The Morgan fingerprint density at radius 1 is 1.29 bits per heavy atom. The Labute approximate surface area is 111 Å². The van der Waals surface area contributed by atoms with Crippen LogP contribution in [0.25, 0.3) is 0 Å². The SMILES string of the molecule is CC(CN)N(C)S(=O)(=O)CC1CCCCC1.Cl. The minimum atomic E-state index is -3.12. The smallest absolute Gasteiger partial charge is 0.214 e. The van der Waals surface area contributed by atoms with Crippen molar-refractivity contribution >= 4 is 22.4 Å². The molecule has 0 bridgehead atoms. The Morgan fingerprint density at radius 3 is 2.29 bits per heavy atom. The molecule has 0 aromatic carbocycles. The first-order valence-corrected chi connectivity index (χ1v) is 7.74. The van der Waals surface area contributed by atoms with E-state index >= 15 is 0 Å². The van der Waals surface area contributed by atoms with Crippen molar-refractivity contribution in [2.45, 2.75) is 45.1 Å². The number of halogens is 1. The van der Waals surface area contributed by atoms with Gasteiger partial charge in [0.25, 0.3) is 0 Å². The normalized spacial score (nSPS) is 20.0. The van der Waals surface area contributed by atoms with Crippen molar-refractivity contribution < 1.29 is 8.42 Å². The lowest BCUT2D eigenvalue weighted by atomic mass is 9.91. The molecule has 1 unspecified atom stereocenters. The molecule has 104 valence electrons. The molecule has 0 aliphatic heterocycles. The average Bonchev–Trinajstić information content (AvgIpc) is 2.27. The van der Waals surface area contributed by atoms with Gasteiger partial charge in [0.2, 0.25) is 10.0 Å². The third kappa shape index (κ3) is 5.12. The zero-order chi connectivity index (χ0) is 12.2. The van der Waals surface area contributed by atoms with Crippen molar-refractivity contribution in [3.8, 4) is 0 Å². The van der Waals surface area contributed by atoms with Crippen LogP contribution in [-0.2, 0) is 10.0 Å². The van der Waals surface area contributed by atoms with Crippen LogP contribution in [0.2, 0.25) is 0 Å². The van der Waals surface area contributed by atoms with Gasteiger partial charge in [0, 0.05) is 19.6 Å². The number of hydrogen-bond acceptors (Lipinski definition) is 3. The van der Waals surface area contributed by atoms with Crippen LogP contribution in [0, 0.1) is 5.92 Å². The molecule has 1 fully saturated rings. The highest BCUT2D eigenvalue weighted by atomic mass is 35.5. The van der Waals surface area contributed by atoms with E-state index < -0.39 is 10.0 Å². The number of likely N-dealkylation sites (N-methyl/N-ethyl adjacent to an activating group) is 1. The van der Waals surface area contributed by atoms with Gasteiger partial charge in [-0.25, -0.2) is 12.7 Å². The zero-order valence-corrected chi connectivity index (χ0v) is 12.4. The van der Waals surface area contributed by atoms with E-state index in [-0.39, 0.29) is 18.4 Å². The number of rotatable bonds is 5. The second-order valence-corrected chi connectivity index (χ2v) is 6.96. The van der Waals surface area contributed by atoms with Crippen molar-refractivity contribution in [3.63, 3.8) is 0 Å². The molecule has 6 heteroatoms. The van der Waals surface area contributed by atoms with Crippen LogP contribution in [0.4, 0.5) is 0 Å². The number of sulfonamides is 1. The molecule has 1 rings (SSSR count). The average molecular weight is 285 g/mol. The molecule has 0 amide bonds. The van der Waals surface area contributed by atoms with Crippen molar-refractivity contribution in [2.75, 3.05) is 19.3 Å². The lowest BCUT2D eigenvalue weighted by molar-refractivity contribution is 0.359. The highest BCUT2D eigenvalue weighted by molar-refractivity contribution is 7.89. The molecule has 0 aromatic rings. The van der Waals surface area contributed by atoms with E-state index in [4.69, 9.17) is 5.73 Å². The van der Waals surface area contributed by atoms with E-state index in [0.717, 1.165) is 12.8 Å². The molecule has 4 nitrogen and oxygen atoms in total. The van der Waals surface area contributed by atoms with E-state index in [1.54, 1.807) is 7.05 Å². The minimum Gasteiger partial charge on any atom is -0.329 e. The first-order valence-electron chi connectivity index (χ1n) is 6.13. The van der Waals surface area contributed by atoms with Crippen molar-refractivity contribution in [1.29, 1.82) is 0 Å². The Balaban J connectivity index is 0.00000256. The summed E-state index contributed by atoms with van der Waals surface area (Å²) < 4.78 is 25.6. The predicted molar refractivity (Wildman–Crippen MR) is 73.9 cm³/mol. The molecule has 0 radical (unpaired) electrons. The summed E-state index contributed by atoms with van der Waals surface area (Å²) in [5.41, 5.74) is 5.50. The summed E-state index contributed by atoms with van der Waals surface area (Å²) in [5, 5.41) is 0. The molecule has 17 heavy (non-hydrogen) atoms.